The molecule has 1 fully saturated rings. The van der Waals surface area contributed by atoms with E-state index in [0.29, 0.717) is 16.8 Å². The molecule has 1 heterocycles. The Bertz CT molecular complexity index is 479. The van der Waals surface area contributed by atoms with Gasteiger partial charge in [0.25, 0.3) is 0 Å². The van der Waals surface area contributed by atoms with Crippen LogP contribution in [0.4, 0.5) is 13.2 Å². The maximum atomic E-state index is 12.2. The molecule has 124 valence electrons. The van der Waals surface area contributed by atoms with Crippen molar-refractivity contribution < 1.29 is 27.4 Å². The lowest BCUT2D eigenvalue weighted by molar-refractivity contribution is -0.274. The van der Waals surface area contributed by atoms with Crippen molar-refractivity contribution in [3.8, 4) is 11.5 Å². The van der Waals surface area contributed by atoms with E-state index < -0.39 is 6.36 Å². The van der Waals surface area contributed by atoms with Gasteiger partial charge in [-0.3, -0.25) is 4.90 Å². The number of hydrogen-bond acceptors (Lipinski definition) is 4. The van der Waals surface area contributed by atoms with Crippen LogP contribution in [0.2, 0.25) is 0 Å². The number of alkyl halides is 3. The van der Waals surface area contributed by atoms with Crippen LogP contribution in [0.3, 0.4) is 0 Å². The van der Waals surface area contributed by atoms with Crippen LogP contribution in [-0.2, 0) is 4.74 Å². The molecule has 0 spiro atoms. The third-order valence-electron chi connectivity index (χ3n) is 3.12. The molecule has 1 aromatic carbocycles. The van der Waals surface area contributed by atoms with Crippen molar-refractivity contribution >= 4 is 15.9 Å². The fourth-order valence-electron chi connectivity index (χ4n) is 2.09. The molecule has 8 heteroatoms. The summed E-state index contributed by atoms with van der Waals surface area (Å²) in [4.78, 5) is 2.27. The SMILES string of the molecule is FC(F)(F)Oc1ccc(Br)c(OCCCN2CCOCC2)c1. The van der Waals surface area contributed by atoms with Gasteiger partial charge in [-0.2, -0.15) is 0 Å². The summed E-state index contributed by atoms with van der Waals surface area (Å²) in [5, 5.41) is 0. The van der Waals surface area contributed by atoms with E-state index in [-0.39, 0.29) is 5.75 Å². The maximum Gasteiger partial charge on any atom is 0.573 e. The highest BCUT2D eigenvalue weighted by Gasteiger charge is 2.31. The van der Waals surface area contributed by atoms with Crippen LogP contribution in [0.15, 0.2) is 22.7 Å². The lowest BCUT2D eigenvalue weighted by Gasteiger charge is -2.26. The van der Waals surface area contributed by atoms with E-state index in [1.807, 2.05) is 0 Å². The predicted octanol–water partition coefficient (Wildman–Crippen LogP) is 3.45. The first-order chi connectivity index (χ1) is 10.4. The summed E-state index contributed by atoms with van der Waals surface area (Å²) in [7, 11) is 0. The lowest BCUT2D eigenvalue weighted by atomic mass is 10.3. The Kier molecular flexibility index (Phi) is 6.34. The first kappa shape index (κ1) is 17.4. The number of rotatable bonds is 6. The van der Waals surface area contributed by atoms with Crippen LogP contribution < -0.4 is 9.47 Å². The van der Waals surface area contributed by atoms with E-state index >= 15 is 0 Å². The van der Waals surface area contributed by atoms with Crippen molar-refractivity contribution in [2.45, 2.75) is 12.8 Å². The van der Waals surface area contributed by atoms with E-state index in [0.717, 1.165) is 39.3 Å². The standard InChI is InChI=1S/C14H17BrF3NO3/c15-12-3-2-11(22-14(16,17)18)10-13(12)21-7-1-4-19-5-8-20-9-6-19/h2-3,10H,1,4-9H2. The normalized spacial score (nSPS) is 16.5. The second kappa shape index (κ2) is 8.03. The predicted molar refractivity (Wildman–Crippen MR) is 78.2 cm³/mol. The summed E-state index contributed by atoms with van der Waals surface area (Å²) >= 11 is 3.25. The molecular weight excluding hydrogens is 367 g/mol. The highest BCUT2D eigenvalue weighted by Crippen LogP contribution is 2.32. The van der Waals surface area contributed by atoms with Crippen molar-refractivity contribution in [3.05, 3.63) is 22.7 Å². The van der Waals surface area contributed by atoms with Crippen LogP contribution >= 0.6 is 15.9 Å². The van der Waals surface area contributed by atoms with Crippen LogP contribution in [0.5, 0.6) is 11.5 Å². The molecule has 0 saturated carbocycles. The molecule has 0 radical (unpaired) electrons. The van der Waals surface area contributed by atoms with Gasteiger partial charge in [0, 0.05) is 25.7 Å². The van der Waals surface area contributed by atoms with Gasteiger partial charge < -0.3 is 14.2 Å². The number of morpholine rings is 1. The third-order valence-corrected chi connectivity index (χ3v) is 3.77. The van der Waals surface area contributed by atoms with E-state index in [9.17, 15) is 13.2 Å². The summed E-state index contributed by atoms with van der Waals surface area (Å²) in [5.74, 6) is 0.0441. The molecule has 0 bridgehead atoms. The summed E-state index contributed by atoms with van der Waals surface area (Å²) in [6.07, 6.45) is -3.92. The molecule has 4 nitrogen and oxygen atoms in total. The molecule has 0 amide bonds. The van der Waals surface area contributed by atoms with E-state index in [1.54, 1.807) is 0 Å². The average molecular weight is 384 g/mol. The van der Waals surface area contributed by atoms with Crippen LogP contribution in [0.1, 0.15) is 6.42 Å². The van der Waals surface area contributed by atoms with Crippen LogP contribution in [0, 0.1) is 0 Å². The molecule has 0 N–H and O–H groups in total. The molecule has 1 aliphatic heterocycles. The van der Waals surface area contributed by atoms with E-state index in [2.05, 4.69) is 25.6 Å². The number of ether oxygens (including phenoxy) is 3. The van der Waals surface area contributed by atoms with Crippen LogP contribution in [-0.4, -0.2) is 50.7 Å². The molecule has 1 aromatic rings. The summed E-state index contributed by atoms with van der Waals surface area (Å²) in [6.45, 7) is 4.58. The van der Waals surface area contributed by atoms with Crippen molar-refractivity contribution in [1.82, 2.24) is 4.90 Å². The van der Waals surface area contributed by atoms with Gasteiger partial charge in [-0.15, -0.1) is 13.2 Å². The minimum atomic E-state index is -4.71. The number of benzene rings is 1. The van der Waals surface area contributed by atoms with E-state index in [4.69, 9.17) is 9.47 Å². The van der Waals surface area contributed by atoms with Crippen molar-refractivity contribution in [1.29, 1.82) is 0 Å². The monoisotopic (exact) mass is 383 g/mol. The summed E-state index contributed by atoms with van der Waals surface area (Å²) < 4.78 is 51.8. The quantitative estimate of drug-likeness (QED) is 0.704. The smallest absolute Gasteiger partial charge is 0.492 e. The Morgan fingerprint density at radius 2 is 1.95 bits per heavy atom. The number of hydrogen-bond donors (Lipinski definition) is 0. The minimum Gasteiger partial charge on any atom is -0.492 e. The first-order valence-corrected chi connectivity index (χ1v) is 7.71. The van der Waals surface area contributed by atoms with Crippen molar-refractivity contribution in [2.24, 2.45) is 0 Å². The summed E-state index contributed by atoms with van der Waals surface area (Å²) in [5.41, 5.74) is 0. The molecule has 0 atom stereocenters. The minimum absolute atomic E-state index is 0.293. The first-order valence-electron chi connectivity index (χ1n) is 6.92. The molecule has 2 rings (SSSR count). The second-order valence-electron chi connectivity index (χ2n) is 4.80. The van der Waals surface area contributed by atoms with Crippen LogP contribution in [0.25, 0.3) is 0 Å². The molecule has 0 unspecified atom stereocenters. The van der Waals surface area contributed by atoms with Gasteiger partial charge >= 0.3 is 6.36 Å². The lowest BCUT2D eigenvalue weighted by Crippen LogP contribution is -2.37. The zero-order valence-electron chi connectivity index (χ0n) is 11.9. The molecule has 0 aromatic heterocycles. The zero-order chi connectivity index (χ0) is 16.0. The van der Waals surface area contributed by atoms with Gasteiger partial charge in [0.2, 0.25) is 0 Å². The van der Waals surface area contributed by atoms with Gasteiger partial charge in [0.1, 0.15) is 11.5 Å². The Morgan fingerprint density at radius 1 is 1.23 bits per heavy atom. The van der Waals surface area contributed by atoms with Gasteiger partial charge in [-0.05, 0) is 34.5 Å². The highest BCUT2D eigenvalue weighted by atomic mass is 79.9. The van der Waals surface area contributed by atoms with Gasteiger partial charge in [0.05, 0.1) is 24.3 Å². The Hall–Kier alpha value is -0.990. The van der Waals surface area contributed by atoms with Gasteiger partial charge in [0.15, 0.2) is 0 Å². The molecule has 0 aliphatic carbocycles. The Morgan fingerprint density at radius 3 is 2.64 bits per heavy atom. The fraction of sp³-hybridized carbons (Fsp3) is 0.571. The molecule has 1 aliphatic rings. The van der Waals surface area contributed by atoms with E-state index in [1.165, 1.54) is 18.2 Å². The topological polar surface area (TPSA) is 30.9 Å². The zero-order valence-corrected chi connectivity index (χ0v) is 13.5. The maximum absolute atomic E-state index is 12.2. The Balaban J connectivity index is 1.79. The highest BCUT2D eigenvalue weighted by molar-refractivity contribution is 9.10. The molecular formula is C14H17BrF3NO3. The summed E-state index contributed by atoms with van der Waals surface area (Å²) in [6, 6.07) is 3.93. The largest absolute Gasteiger partial charge is 0.573 e. The number of halogens is 4. The molecule has 22 heavy (non-hydrogen) atoms. The third kappa shape index (κ3) is 6.02. The van der Waals surface area contributed by atoms with Gasteiger partial charge in [-0.25, -0.2) is 0 Å². The Labute approximate surface area is 135 Å². The fourth-order valence-corrected chi connectivity index (χ4v) is 2.45. The average Bonchev–Trinajstić information content (AvgIpc) is 2.46. The van der Waals surface area contributed by atoms with Gasteiger partial charge in [-0.1, -0.05) is 0 Å². The van der Waals surface area contributed by atoms with Crippen molar-refractivity contribution in [2.75, 3.05) is 39.5 Å². The second-order valence-corrected chi connectivity index (χ2v) is 5.65. The molecule has 1 saturated heterocycles. The van der Waals surface area contributed by atoms with Crippen molar-refractivity contribution in [3.63, 3.8) is 0 Å². The number of nitrogens with zero attached hydrogens (tertiary/aromatic N) is 1.